The molecule has 0 unspecified atom stereocenters. The molecule has 2 aromatic rings. The Bertz CT molecular complexity index is 799. The minimum absolute atomic E-state index is 0.124. The smallest absolute Gasteiger partial charge is 0.255 e. The molecule has 3 rings (SSSR count). The highest BCUT2D eigenvalue weighted by atomic mass is 35.5. The van der Waals surface area contributed by atoms with Crippen molar-refractivity contribution in [2.75, 3.05) is 23.9 Å². The summed E-state index contributed by atoms with van der Waals surface area (Å²) in [6.07, 6.45) is 1.45. The zero-order valence-corrected chi connectivity index (χ0v) is 15.0. The topological polar surface area (TPSA) is 58.6 Å². The maximum Gasteiger partial charge on any atom is 0.255 e. The van der Waals surface area contributed by atoms with E-state index in [1.807, 2.05) is 12.1 Å². The van der Waals surface area contributed by atoms with Crippen molar-refractivity contribution in [1.29, 1.82) is 0 Å². The van der Waals surface area contributed by atoms with Crippen molar-refractivity contribution in [2.24, 2.45) is 0 Å². The van der Waals surface area contributed by atoms with E-state index in [1.165, 1.54) is 19.2 Å². The molecular weight excluding hydrogens is 363 g/mol. The molecule has 1 fully saturated rings. The Hall–Kier alpha value is -2.24. The molecule has 1 aliphatic rings. The molecule has 1 aliphatic heterocycles. The molecule has 25 heavy (non-hydrogen) atoms. The number of rotatable bonds is 4. The van der Waals surface area contributed by atoms with Crippen molar-refractivity contribution in [3.05, 3.63) is 52.0 Å². The number of hydrogen-bond donors (Lipinski definition) is 1. The van der Waals surface area contributed by atoms with Crippen LogP contribution in [0.5, 0.6) is 5.75 Å². The molecule has 1 N–H and O–H groups in total. The number of anilines is 2. The quantitative estimate of drug-likeness (QED) is 0.858. The van der Waals surface area contributed by atoms with Crippen LogP contribution in [0.2, 0.25) is 10.0 Å². The van der Waals surface area contributed by atoms with Crippen LogP contribution in [-0.4, -0.2) is 25.5 Å². The van der Waals surface area contributed by atoms with Gasteiger partial charge >= 0.3 is 0 Å². The van der Waals surface area contributed by atoms with Crippen molar-refractivity contribution >= 4 is 46.4 Å². The number of methoxy groups -OCH3 is 1. The Morgan fingerprint density at radius 3 is 2.32 bits per heavy atom. The van der Waals surface area contributed by atoms with E-state index in [0.29, 0.717) is 23.4 Å². The Labute approximate surface area is 155 Å². The van der Waals surface area contributed by atoms with Crippen LogP contribution in [0.1, 0.15) is 23.2 Å². The highest BCUT2D eigenvalue weighted by molar-refractivity contribution is 6.37. The second kappa shape index (κ2) is 7.33. The van der Waals surface area contributed by atoms with Crippen LogP contribution >= 0.6 is 23.2 Å². The van der Waals surface area contributed by atoms with Gasteiger partial charge in [0.05, 0.1) is 17.2 Å². The summed E-state index contributed by atoms with van der Waals surface area (Å²) in [6, 6.07) is 10.1. The van der Waals surface area contributed by atoms with Gasteiger partial charge in [-0.3, -0.25) is 9.59 Å². The molecule has 0 aromatic heterocycles. The third-order valence-corrected chi connectivity index (χ3v) is 4.54. The lowest BCUT2D eigenvalue weighted by atomic mass is 10.2. The molecule has 0 spiro atoms. The van der Waals surface area contributed by atoms with E-state index in [2.05, 4.69) is 5.32 Å². The Morgan fingerprint density at radius 2 is 1.80 bits per heavy atom. The minimum atomic E-state index is -0.337. The van der Waals surface area contributed by atoms with Gasteiger partial charge in [0.15, 0.2) is 5.75 Å². The van der Waals surface area contributed by atoms with E-state index in [9.17, 15) is 9.59 Å². The molecule has 0 atom stereocenters. The standard InChI is InChI=1S/C18H16Cl2N2O3/c1-25-17-14(19)9-11(10-15(17)20)18(24)21-12-4-6-13(7-5-12)22-8-2-3-16(22)23/h4-7,9-10H,2-3,8H2,1H3,(H,21,24). The summed E-state index contributed by atoms with van der Waals surface area (Å²) in [7, 11) is 1.46. The van der Waals surface area contributed by atoms with E-state index < -0.39 is 0 Å². The average molecular weight is 379 g/mol. The van der Waals surface area contributed by atoms with E-state index in [-0.39, 0.29) is 21.9 Å². The lowest BCUT2D eigenvalue weighted by Crippen LogP contribution is -2.23. The predicted octanol–water partition coefficient (Wildman–Crippen LogP) is 4.38. The molecule has 0 radical (unpaired) electrons. The first-order valence-corrected chi connectivity index (χ1v) is 8.50. The first-order valence-electron chi connectivity index (χ1n) is 7.74. The fraction of sp³-hybridized carbons (Fsp3) is 0.222. The summed E-state index contributed by atoms with van der Waals surface area (Å²) in [4.78, 5) is 25.9. The predicted molar refractivity (Wildman–Crippen MR) is 99.0 cm³/mol. The number of hydrogen-bond acceptors (Lipinski definition) is 3. The number of carbonyl (C=O) groups excluding carboxylic acids is 2. The van der Waals surface area contributed by atoms with Gasteiger partial charge in [-0.2, -0.15) is 0 Å². The number of benzene rings is 2. The molecule has 0 bridgehead atoms. The molecule has 130 valence electrons. The van der Waals surface area contributed by atoms with Crippen molar-refractivity contribution < 1.29 is 14.3 Å². The molecule has 1 saturated heterocycles. The number of carbonyl (C=O) groups is 2. The summed E-state index contributed by atoms with van der Waals surface area (Å²) < 4.78 is 5.07. The average Bonchev–Trinajstić information content (AvgIpc) is 3.01. The number of halogens is 2. The van der Waals surface area contributed by atoms with Gasteiger partial charge in [0.25, 0.3) is 5.91 Å². The SMILES string of the molecule is COc1c(Cl)cc(C(=O)Nc2ccc(N3CCCC3=O)cc2)cc1Cl. The first-order chi connectivity index (χ1) is 12.0. The highest BCUT2D eigenvalue weighted by Gasteiger charge is 2.21. The van der Waals surface area contributed by atoms with Crippen molar-refractivity contribution in [3.63, 3.8) is 0 Å². The largest absolute Gasteiger partial charge is 0.494 e. The Morgan fingerprint density at radius 1 is 1.16 bits per heavy atom. The Balaban J connectivity index is 1.74. The van der Waals surface area contributed by atoms with E-state index >= 15 is 0 Å². The minimum Gasteiger partial charge on any atom is -0.494 e. The second-order valence-electron chi connectivity index (χ2n) is 5.62. The van der Waals surface area contributed by atoms with Crippen LogP contribution in [0, 0.1) is 0 Å². The summed E-state index contributed by atoms with van der Waals surface area (Å²) >= 11 is 12.1. The molecule has 2 amide bonds. The third-order valence-electron chi connectivity index (χ3n) is 3.97. The lowest BCUT2D eigenvalue weighted by molar-refractivity contribution is -0.117. The first kappa shape index (κ1) is 17.6. The van der Waals surface area contributed by atoms with Gasteiger partial charge in [0.1, 0.15) is 0 Å². The summed E-state index contributed by atoms with van der Waals surface area (Å²) in [6.45, 7) is 0.730. The molecule has 7 heteroatoms. The van der Waals surface area contributed by atoms with E-state index in [4.69, 9.17) is 27.9 Å². The van der Waals surface area contributed by atoms with Crippen molar-refractivity contribution in [2.45, 2.75) is 12.8 Å². The van der Waals surface area contributed by atoms with Crippen LogP contribution in [0.25, 0.3) is 0 Å². The van der Waals surface area contributed by atoms with Crippen LogP contribution < -0.4 is 15.0 Å². The van der Waals surface area contributed by atoms with Crippen LogP contribution in [0.3, 0.4) is 0 Å². The van der Waals surface area contributed by atoms with Gasteiger partial charge in [-0.15, -0.1) is 0 Å². The maximum absolute atomic E-state index is 12.4. The molecule has 5 nitrogen and oxygen atoms in total. The zero-order chi connectivity index (χ0) is 18.0. The zero-order valence-electron chi connectivity index (χ0n) is 13.5. The highest BCUT2D eigenvalue weighted by Crippen LogP contribution is 2.34. The van der Waals surface area contributed by atoms with Gasteiger partial charge < -0.3 is 15.0 Å². The normalized spacial score (nSPS) is 13.9. The van der Waals surface area contributed by atoms with Gasteiger partial charge in [0, 0.05) is 29.9 Å². The number of nitrogens with one attached hydrogen (secondary N) is 1. The molecule has 1 heterocycles. The fourth-order valence-electron chi connectivity index (χ4n) is 2.74. The summed E-state index contributed by atoms with van der Waals surface area (Å²) in [5.41, 5.74) is 1.77. The maximum atomic E-state index is 12.4. The molecular formula is C18H16Cl2N2O3. The van der Waals surface area contributed by atoms with Crippen LogP contribution in [-0.2, 0) is 4.79 Å². The second-order valence-corrected chi connectivity index (χ2v) is 6.44. The Kier molecular flexibility index (Phi) is 5.16. The molecule has 2 aromatic carbocycles. The van der Waals surface area contributed by atoms with Gasteiger partial charge in [-0.05, 0) is 42.8 Å². The van der Waals surface area contributed by atoms with E-state index in [1.54, 1.807) is 17.0 Å². The van der Waals surface area contributed by atoms with E-state index in [0.717, 1.165) is 18.7 Å². The van der Waals surface area contributed by atoms with Crippen molar-refractivity contribution in [3.8, 4) is 5.75 Å². The monoisotopic (exact) mass is 378 g/mol. The van der Waals surface area contributed by atoms with Crippen LogP contribution in [0.15, 0.2) is 36.4 Å². The van der Waals surface area contributed by atoms with Gasteiger partial charge in [-0.1, -0.05) is 23.2 Å². The van der Waals surface area contributed by atoms with Crippen molar-refractivity contribution in [1.82, 2.24) is 0 Å². The third kappa shape index (κ3) is 3.72. The molecule has 0 saturated carbocycles. The summed E-state index contributed by atoms with van der Waals surface area (Å²) in [5, 5.41) is 3.31. The number of nitrogens with zero attached hydrogens (tertiary/aromatic N) is 1. The van der Waals surface area contributed by atoms with Crippen LogP contribution in [0.4, 0.5) is 11.4 Å². The van der Waals surface area contributed by atoms with Gasteiger partial charge in [0.2, 0.25) is 5.91 Å². The number of ether oxygens (including phenoxy) is 1. The fourth-order valence-corrected chi connectivity index (χ4v) is 3.38. The summed E-state index contributed by atoms with van der Waals surface area (Å²) in [5.74, 6) is 0.121. The lowest BCUT2D eigenvalue weighted by Gasteiger charge is -2.16. The number of amides is 2. The molecule has 0 aliphatic carbocycles. The van der Waals surface area contributed by atoms with Gasteiger partial charge in [-0.25, -0.2) is 0 Å².